The number of aromatic nitrogens is 1. The number of carbonyl (C=O) groups excluding carboxylic acids is 1. The lowest BCUT2D eigenvalue weighted by molar-refractivity contribution is 0.0600. The number of methoxy groups -OCH3 is 1. The van der Waals surface area contributed by atoms with Gasteiger partial charge in [-0.15, -0.1) is 0 Å². The molecule has 0 aliphatic rings. The lowest BCUT2D eigenvalue weighted by Crippen LogP contribution is -2.02. The quantitative estimate of drug-likeness (QED) is 0.679. The van der Waals surface area contributed by atoms with Crippen LogP contribution in [0.1, 0.15) is 10.4 Å². The zero-order valence-corrected chi connectivity index (χ0v) is 10.1. The number of pyridine rings is 1. The fourth-order valence-electron chi connectivity index (χ4n) is 1.42. The Morgan fingerprint density at radius 2 is 2.11 bits per heavy atom. The minimum Gasteiger partial charge on any atom is -0.465 e. The molecule has 6 heteroatoms. The van der Waals surface area contributed by atoms with Crippen LogP contribution in [0, 0.1) is 5.82 Å². The Bertz CT molecular complexity index is 617. The minimum absolute atomic E-state index is 0.125. The van der Waals surface area contributed by atoms with Gasteiger partial charge in [-0.25, -0.2) is 14.2 Å². The first kappa shape index (κ1) is 12.8. The first-order valence-corrected chi connectivity index (χ1v) is 5.37. The Morgan fingerprint density at radius 3 is 2.84 bits per heavy atom. The van der Waals surface area contributed by atoms with E-state index in [0.717, 1.165) is 6.07 Å². The van der Waals surface area contributed by atoms with Crippen LogP contribution in [0.2, 0.25) is 0 Å². The van der Waals surface area contributed by atoms with Crippen LogP contribution < -0.4 is 10.5 Å². The first-order valence-electron chi connectivity index (χ1n) is 5.37. The Labute approximate surface area is 108 Å². The molecule has 0 aliphatic carbocycles. The average molecular weight is 262 g/mol. The van der Waals surface area contributed by atoms with E-state index >= 15 is 0 Å². The van der Waals surface area contributed by atoms with Gasteiger partial charge in [-0.3, -0.25) is 0 Å². The molecule has 0 amide bonds. The van der Waals surface area contributed by atoms with Gasteiger partial charge >= 0.3 is 5.97 Å². The van der Waals surface area contributed by atoms with Gasteiger partial charge in [0.05, 0.1) is 18.4 Å². The molecule has 1 aromatic heterocycles. The maximum Gasteiger partial charge on any atom is 0.338 e. The summed E-state index contributed by atoms with van der Waals surface area (Å²) >= 11 is 0. The molecule has 0 spiro atoms. The summed E-state index contributed by atoms with van der Waals surface area (Å²) in [7, 11) is 1.27. The van der Waals surface area contributed by atoms with Crippen molar-refractivity contribution in [2.75, 3.05) is 12.8 Å². The Balaban J connectivity index is 2.28. The number of carbonyl (C=O) groups is 1. The van der Waals surface area contributed by atoms with Crippen molar-refractivity contribution in [1.29, 1.82) is 0 Å². The number of ether oxygens (including phenoxy) is 2. The van der Waals surface area contributed by atoms with E-state index in [1.165, 1.54) is 37.6 Å². The van der Waals surface area contributed by atoms with Gasteiger partial charge in [0.1, 0.15) is 5.82 Å². The second kappa shape index (κ2) is 5.34. The fourth-order valence-corrected chi connectivity index (χ4v) is 1.42. The lowest BCUT2D eigenvalue weighted by Gasteiger charge is -2.08. The largest absolute Gasteiger partial charge is 0.465 e. The highest BCUT2D eigenvalue weighted by molar-refractivity contribution is 5.89. The second-order valence-corrected chi connectivity index (χ2v) is 3.66. The SMILES string of the molecule is COC(=O)c1ccnc(Oc2cc(F)ccc2N)c1. The maximum absolute atomic E-state index is 13.1. The third-order valence-corrected chi connectivity index (χ3v) is 2.35. The number of benzene rings is 1. The number of halogens is 1. The molecule has 0 bridgehead atoms. The van der Waals surface area contributed by atoms with Crippen molar-refractivity contribution in [2.24, 2.45) is 0 Å². The van der Waals surface area contributed by atoms with Crippen molar-refractivity contribution in [3.8, 4) is 11.6 Å². The van der Waals surface area contributed by atoms with Crippen LogP contribution in [-0.2, 0) is 4.74 Å². The number of esters is 1. The standard InChI is InChI=1S/C13H11FN2O3/c1-18-13(17)8-4-5-16-12(6-8)19-11-7-9(14)2-3-10(11)15/h2-7H,15H2,1H3. The van der Waals surface area contributed by atoms with Gasteiger partial charge in [0.15, 0.2) is 5.75 Å². The van der Waals surface area contributed by atoms with Crippen LogP contribution in [0.4, 0.5) is 10.1 Å². The molecule has 0 radical (unpaired) electrons. The van der Waals surface area contributed by atoms with E-state index in [-0.39, 0.29) is 22.9 Å². The minimum atomic E-state index is -0.514. The zero-order valence-electron chi connectivity index (χ0n) is 10.1. The molecular weight excluding hydrogens is 251 g/mol. The lowest BCUT2D eigenvalue weighted by atomic mass is 10.2. The average Bonchev–Trinajstić information content (AvgIpc) is 2.42. The second-order valence-electron chi connectivity index (χ2n) is 3.66. The predicted molar refractivity (Wildman–Crippen MR) is 66.5 cm³/mol. The van der Waals surface area contributed by atoms with E-state index in [0.29, 0.717) is 0 Å². The molecule has 0 fully saturated rings. The Kier molecular flexibility index (Phi) is 3.61. The summed E-state index contributed by atoms with van der Waals surface area (Å²) in [6.45, 7) is 0. The Morgan fingerprint density at radius 1 is 1.32 bits per heavy atom. The summed E-state index contributed by atoms with van der Waals surface area (Å²) in [5.74, 6) is -0.734. The van der Waals surface area contributed by atoms with Gasteiger partial charge in [-0.2, -0.15) is 0 Å². The molecule has 98 valence electrons. The molecule has 0 aliphatic heterocycles. The van der Waals surface area contributed by atoms with Crippen molar-refractivity contribution in [3.63, 3.8) is 0 Å². The van der Waals surface area contributed by atoms with Crippen LogP contribution in [-0.4, -0.2) is 18.1 Å². The smallest absolute Gasteiger partial charge is 0.338 e. The molecule has 0 unspecified atom stereocenters. The highest BCUT2D eigenvalue weighted by Gasteiger charge is 2.09. The van der Waals surface area contributed by atoms with E-state index in [1.807, 2.05) is 0 Å². The number of hydrogen-bond acceptors (Lipinski definition) is 5. The topological polar surface area (TPSA) is 74.4 Å². The molecule has 2 rings (SSSR count). The highest BCUT2D eigenvalue weighted by atomic mass is 19.1. The summed E-state index contributed by atoms with van der Waals surface area (Å²) < 4.78 is 23.0. The van der Waals surface area contributed by atoms with Gasteiger partial charge in [0.2, 0.25) is 5.88 Å². The summed E-state index contributed by atoms with van der Waals surface area (Å²) in [5, 5.41) is 0. The van der Waals surface area contributed by atoms with E-state index in [9.17, 15) is 9.18 Å². The maximum atomic E-state index is 13.1. The number of rotatable bonds is 3. The number of nitrogens with zero attached hydrogens (tertiary/aromatic N) is 1. The number of nitrogen functional groups attached to an aromatic ring is 1. The molecule has 1 heterocycles. The zero-order chi connectivity index (χ0) is 13.8. The van der Waals surface area contributed by atoms with Crippen LogP contribution in [0.3, 0.4) is 0 Å². The fraction of sp³-hybridized carbons (Fsp3) is 0.0769. The molecule has 0 saturated carbocycles. The van der Waals surface area contributed by atoms with E-state index in [1.54, 1.807) is 0 Å². The number of nitrogens with two attached hydrogens (primary N) is 1. The van der Waals surface area contributed by atoms with E-state index < -0.39 is 11.8 Å². The highest BCUT2D eigenvalue weighted by Crippen LogP contribution is 2.27. The summed E-state index contributed by atoms with van der Waals surface area (Å²) in [6, 6.07) is 6.61. The first-order chi connectivity index (χ1) is 9.10. The molecule has 1 aromatic carbocycles. The van der Waals surface area contributed by atoms with Crippen molar-refractivity contribution in [3.05, 3.63) is 47.9 Å². The molecule has 0 atom stereocenters. The Hall–Kier alpha value is -2.63. The van der Waals surface area contributed by atoms with Gasteiger partial charge in [0.25, 0.3) is 0 Å². The third kappa shape index (κ3) is 2.98. The monoisotopic (exact) mass is 262 g/mol. The summed E-state index contributed by atoms with van der Waals surface area (Å²) in [5.41, 5.74) is 6.20. The van der Waals surface area contributed by atoms with Gasteiger partial charge in [-0.1, -0.05) is 0 Å². The van der Waals surface area contributed by atoms with Gasteiger partial charge in [0, 0.05) is 18.3 Å². The number of hydrogen-bond donors (Lipinski definition) is 1. The van der Waals surface area contributed by atoms with Crippen LogP contribution in [0.5, 0.6) is 11.6 Å². The van der Waals surface area contributed by atoms with E-state index in [4.69, 9.17) is 10.5 Å². The van der Waals surface area contributed by atoms with Crippen molar-refractivity contribution in [1.82, 2.24) is 4.98 Å². The third-order valence-electron chi connectivity index (χ3n) is 2.35. The van der Waals surface area contributed by atoms with Crippen LogP contribution in [0.25, 0.3) is 0 Å². The van der Waals surface area contributed by atoms with E-state index in [2.05, 4.69) is 9.72 Å². The van der Waals surface area contributed by atoms with Crippen molar-refractivity contribution < 1.29 is 18.7 Å². The predicted octanol–water partition coefficient (Wildman–Crippen LogP) is 2.38. The van der Waals surface area contributed by atoms with Gasteiger partial charge < -0.3 is 15.2 Å². The molecule has 5 nitrogen and oxygen atoms in total. The summed E-state index contributed by atoms with van der Waals surface area (Å²) in [6.07, 6.45) is 1.39. The molecule has 19 heavy (non-hydrogen) atoms. The molecule has 0 saturated heterocycles. The van der Waals surface area contributed by atoms with Crippen molar-refractivity contribution in [2.45, 2.75) is 0 Å². The normalized spacial score (nSPS) is 10.0. The molecular formula is C13H11FN2O3. The number of anilines is 1. The molecule has 2 N–H and O–H groups in total. The van der Waals surface area contributed by atoms with Crippen molar-refractivity contribution >= 4 is 11.7 Å². The van der Waals surface area contributed by atoms with Crippen LogP contribution in [0.15, 0.2) is 36.5 Å². The van der Waals surface area contributed by atoms with Crippen LogP contribution >= 0.6 is 0 Å². The summed E-state index contributed by atoms with van der Waals surface area (Å²) in [4.78, 5) is 15.3. The molecule has 2 aromatic rings. The van der Waals surface area contributed by atoms with Gasteiger partial charge in [-0.05, 0) is 18.2 Å².